The van der Waals surface area contributed by atoms with Crippen LogP contribution >= 0.6 is 11.6 Å². The van der Waals surface area contributed by atoms with Crippen LogP contribution in [0.1, 0.15) is 12.0 Å². The minimum absolute atomic E-state index is 0.0272. The van der Waals surface area contributed by atoms with Gasteiger partial charge in [-0.1, -0.05) is 23.7 Å². The predicted octanol–water partition coefficient (Wildman–Crippen LogP) is 4.75. The Morgan fingerprint density at radius 3 is 2.64 bits per heavy atom. The average molecular weight is 412 g/mol. The standard InChI is InChI=1S/C19H14ClF4N3O/c20-14-9-27(10-16(28)26-5-2-6-26)15-7-11(8-25-18(14)15)12-3-1-4-13(17(12)21)19(22,23)24/h1,3-4,7-9H,2,5-6,10H2. The van der Waals surface area contributed by atoms with E-state index in [0.717, 1.165) is 12.5 Å². The number of rotatable bonds is 3. The smallest absolute Gasteiger partial charge is 0.341 e. The van der Waals surface area contributed by atoms with Crippen LogP contribution in [0, 0.1) is 5.82 Å². The summed E-state index contributed by atoms with van der Waals surface area (Å²) in [6, 6.07) is 4.59. The topological polar surface area (TPSA) is 38.1 Å². The molecule has 0 aliphatic carbocycles. The Morgan fingerprint density at radius 1 is 1.25 bits per heavy atom. The van der Waals surface area contributed by atoms with E-state index in [-0.39, 0.29) is 23.6 Å². The van der Waals surface area contributed by atoms with Crippen LogP contribution in [0.25, 0.3) is 22.2 Å². The molecule has 3 heterocycles. The van der Waals surface area contributed by atoms with E-state index in [9.17, 15) is 22.4 Å². The van der Waals surface area contributed by atoms with Gasteiger partial charge in [0.15, 0.2) is 0 Å². The molecule has 3 aromatic rings. The van der Waals surface area contributed by atoms with E-state index in [1.807, 2.05) is 0 Å². The molecule has 0 radical (unpaired) electrons. The molecule has 4 nitrogen and oxygen atoms in total. The number of fused-ring (bicyclic) bond motifs is 1. The summed E-state index contributed by atoms with van der Waals surface area (Å²) in [5.74, 6) is -1.45. The highest BCUT2D eigenvalue weighted by atomic mass is 35.5. The van der Waals surface area contributed by atoms with Gasteiger partial charge in [0.05, 0.1) is 16.1 Å². The number of hydrogen-bond donors (Lipinski definition) is 0. The van der Waals surface area contributed by atoms with Crippen molar-refractivity contribution in [3.05, 3.63) is 53.1 Å². The number of halogens is 5. The van der Waals surface area contributed by atoms with Crippen molar-refractivity contribution in [1.29, 1.82) is 0 Å². The maximum atomic E-state index is 14.5. The molecule has 4 rings (SSSR count). The summed E-state index contributed by atoms with van der Waals surface area (Å²) in [7, 11) is 0. The lowest BCUT2D eigenvalue weighted by Crippen LogP contribution is -2.43. The average Bonchev–Trinajstić information content (AvgIpc) is 2.87. The molecule has 9 heteroatoms. The maximum absolute atomic E-state index is 14.5. The van der Waals surface area contributed by atoms with Gasteiger partial charge in [0, 0.05) is 36.6 Å². The molecule has 0 saturated carbocycles. The highest BCUT2D eigenvalue weighted by molar-refractivity contribution is 6.35. The van der Waals surface area contributed by atoms with Gasteiger partial charge in [0.1, 0.15) is 17.9 Å². The molecule has 28 heavy (non-hydrogen) atoms. The van der Waals surface area contributed by atoms with Crippen molar-refractivity contribution in [3.63, 3.8) is 0 Å². The molecule has 146 valence electrons. The number of aromatic nitrogens is 2. The molecule has 1 fully saturated rings. The second-order valence-electron chi connectivity index (χ2n) is 6.60. The summed E-state index contributed by atoms with van der Waals surface area (Å²) >= 11 is 6.17. The summed E-state index contributed by atoms with van der Waals surface area (Å²) in [5, 5.41) is 0.308. The molecular formula is C19H14ClF4N3O. The first-order valence-corrected chi connectivity index (χ1v) is 8.92. The number of hydrogen-bond acceptors (Lipinski definition) is 2. The maximum Gasteiger partial charge on any atom is 0.419 e. The van der Waals surface area contributed by atoms with Crippen LogP contribution in [0.4, 0.5) is 17.6 Å². The molecule has 0 spiro atoms. The van der Waals surface area contributed by atoms with E-state index in [1.165, 1.54) is 18.3 Å². The number of pyridine rings is 1. The Hall–Kier alpha value is -2.61. The lowest BCUT2D eigenvalue weighted by Gasteiger charge is -2.31. The lowest BCUT2D eigenvalue weighted by atomic mass is 10.0. The second kappa shape index (κ2) is 6.77. The zero-order chi connectivity index (χ0) is 20.1. The van der Waals surface area contributed by atoms with Crippen molar-refractivity contribution < 1.29 is 22.4 Å². The van der Waals surface area contributed by atoms with Gasteiger partial charge in [-0.2, -0.15) is 13.2 Å². The van der Waals surface area contributed by atoms with Gasteiger partial charge in [-0.15, -0.1) is 0 Å². The number of alkyl halides is 3. The zero-order valence-corrected chi connectivity index (χ0v) is 15.2. The van der Waals surface area contributed by atoms with Gasteiger partial charge in [-0.25, -0.2) is 4.39 Å². The van der Waals surface area contributed by atoms with Gasteiger partial charge in [0.2, 0.25) is 5.91 Å². The van der Waals surface area contributed by atoms with Gasteiger partial charge in [-0.3, -0.25) is 9.78 Å². The molecule has 0 unspecified atom stereocenters. The second-order valence-corrected chi connectivity index (χ2v) is 7.00. The first-order chi connectivity index (χ1) is 13.3. The van der Waals surface area contributed by atoms with E-state index in [1.54, 1.807) is 15.7 Å². The molecule has 1 saturated heterocycles. The SMILES string of the molecule is O=C(Cn1cc(Cl)c2ncc(-c3cccc(C(F)(F)F)c3F)cc21)N1CCC1. The summed E-state index contributed by atoms with van der Waals surface area (Å²) in [5.41, 5.74) is -0.542. The number of likely N-dealkylation sites (tertiary alicyclic amines) is 1. The Bertz CT molecular complexity index is 1070. The van der Waals surface area contributed by atoms with Crippen LogP contribution in [0.3, 0.4) is 0 Å². The zero-order valence-electron chi connectivity index (χ0n) is 14.4. The fourth-order valence-corrected chi connectivity index (χ4v) is 3.45. The van der Waals surface area contributed by atoms with E-state index in [0.29, 0.717) is 35.2 Å². The first kappa shape index (κ1) is 18.7. The highest BCUT2D eigenvalue weighted by Crippen LogP contribution is 2.36. The number of amides is 1. The molecule has 0 atom stereocenters. The third kappa shape index (κ3) is 3.22. The fourth-order valence-electron chi connectivity index (χ4n) is 3.19. The monoisotopic (exact) mass is 411 g/mol. The molecule has 1 aromatic carbocycles. The molecule has 1 amide bonds. The summed E-state index contributed by atoms with van der Waals surface area (Å²) in [4.78, 5) is 18.1. The Kier molecular flexibility index (Phi) is 4.53. The van der Waals surface area contributed by atoms with Crippen molar-refractivity contribution in [3.8, 4) is 11.1 Å². The lowest BCUT2D eigenvalue weighted by molar-refractivity contribution is -0.140. The van der Waals surface area contributed by atoms with Gasteiger partial charge < -0.3 is 9.47 Å². The van der Waals surface area contributed by atoms with Gasteiger partial charge >= 0.3 is 6.18 Å². The van der Waals surface area contributed by atoms with Crippen molar-refractivity contribution in [1.82, 2.24) is 14.5 Å². The molecule has 0 N–H and O–H groups in total. The third-order valence-corrected chi connectivity index (χ3v) is 5.08. The minimum Gasteiger partial charge on any atom is -0.341 e. The van der Waals surface area contributed by atoms with E-state index < -0.39 is 17.6 Å². The minimum atomic E-state index is -4.80. The highest BCUT2D eigenvalue weighted by Gasteiger charge is 2.35. The quantitative estimate of drug-likeness (QED) is 0.583. The predicted molar refractivity (Wildman–Crippen MR) is 96.3 cm³/mol. The molecule has 1 aliphatic rings. The largest absolute Gasteiger partial charge is 0.419 e. The number of carbonyl (C=O) groups is 1. The van der Waals surface area contributed by atoms with Crippen LogP contribution in [0.5, 0.6) is 0 Å². The summed E-state index contributed by atoms with van der Waals surface area (Å²) in [6.45, 7) is 1.43. The van der Waals surface area contributed by atoms with Crippen LogP contribution in [0.15, 0.2) is 36.7 Å². The Balaban J connectivity index is 1.77. The first-order valence-electron chi connectivity index (χ1n) is 8.54. The van der Waals surface area contributed by atoms with Crippen molar-refractivity contribution in [2.24, 2.45) is 0 Å². The number of benzene rings is 1. The van der Waals surface area contributed by atoms with E-state index in [2.05, 4.69) is 4.98 Å². The molecule has 0 bridgehead atoms. The normalized spacial score (nSPS) is 14.4. The van der Waals surface area contributed by atoms with Crippen molar-refractivity contribution in [2.45, 2.75) is 19.1 Å². The molecular weight excluding hydrogens is 398 g/mol. The number of carbonyl (C=O) groups excluding carboxylic acids is 1. The molecule has 2 aromatic heterocycles. The van der Waals surface area contributed by atoms with Gasteiger partial charge in [0.25, 0.3) is 0 Å². The van der Waals surface area contributed by atoms with Gasteiger partial charge in [-0.05, 0) is 18.6 Å². The third-order valence-electron chi connectivity index (χ3n) is 4.80. The Labute approximate surface area is 162 Å². The summed E-state index contributed by atoms with van der Waals surface area (Å²) in [6.07, 6.45) is -1.03. The molecule has 1 aliphatic heterocycles. The number of nitrogens with zero attached hydrogens (tertiary/aromatic N) is 3. The Morgan fingerprint density at radius 2 is 2.00 bits per heavy atom. The van der Waals surface area contributed by atoms with Crippen LogP contribution < -0.4 is 0 Å². The van der Waals surface area contributed by atoms with Crippen molar-refractivity contribution in [2.75, 3.05) is 13.1 Å². The van der Waals surface area contributed by atoms with Crippen LogP contribution in [-0.4, -0.2) is 33.4 Å². The fraction of sp³-hybridized carbons (Fsp3) is 0.263. The summed E-state index contributed by atoms with van der Waals surface area (Å²) < 4.78 is 55.1. The van der Waals surface area contributed by atoms with Crippen LogP contribution in [-0.2, 0) is 17.5 Å². The van der Waals surface area contributed by atoms with E-state index in [4.69, 9.17) is 11.6 Å². The van der Waals surface area contributed by atoms with Crippen molar-refractivity contribution >= 4 is 28.5 Å². The van der Waals surface area contributed by atoms with Crippen LogP contribution in [0.2, 0.25) is 5.02 Å². The van der Waals surface area contributed by atoms with E-state index >= 15 is 0 Å².